The zero-order chi connectivity index (χ0) is 23.3. The van der Waals surface area contributed by atoms with Gasteiger partial charge in [-0.2, -0.15) is 9.37 Å². The van der Waals surface area contributed by atoms with E-state index in [4.69, 9.17) is 10.1 Å². The van der Waals surface area contributed by atoms with Crippen molar-refractivity contribution in [1.82, 2.24) is 30.4 Å². The lowest BCUT2D eigenvalue weighted by Gasteiger charge is -2.34. The van der Waals surface area contributed by atoms with E-state index >= 15 is 0 Å². The third-order valence-electron chi connectivity index (χ3n) is 7.17. The lowest BCUT2D eigenvalue weighted by atomic mass is 9.97. The number of carbonyl (C=O) groups excluding carboxylic acids is 1. The van der Waals surface area contributed by atoms with Gasteiger partial charge < -0.3 is 15.5 Å². The van der Waals surface area contributed by atoms with E-state index in [0.717, 1.165) is 30.1 Å². The molecule has 2 aliphatic heterocycles. The molecule has 178 valence electrons. The Hall–Kier alpha value is -3.31. The van der Waals surface area contributed by atoms with Crippen molar-refractivity contribution in [3.05, 3.63) is 42.6 Å². The van der Waals surface area contributed by atoms with E-state index in [0.29, 0.717) is 30.6 Å². The first-order valence-electron chi connectivity index (χ1n) is 11.8. The average molecular weight is 466 g/mol. The Labute approximate surface area is 196 Å². The van der Waals surface area contributed by atoms with E-state index in [-0.39, 0.29) is 12.1 Å². The van der Waals surface area contributed by atoms with Gasteiger partial charge in [-0.05, 0) is 69.2 Å². The van der Waals surface area contributed by atoms with Crippen molar-refractivity contribution in [1.29, 1.82) is 0 Å². The number of rotatable bonds is 6. The van der Waals surface area contributed by atoms with Crippen molar-refractivity contribution in [2.45, 2.75) is 56.8 Å². The van der Waals surface area contributed by atoms with Crippen LogP contribution in [0.1, 0.15) is 39.0 Å². The van der Waals surface area contributed by atoms with Crippen LogP contribution in [0.3, 0.4) is 0 Å². The molecule has 2 unspecified atom stereocenters. The fraction of sp³-hybridized carbons (Fsp3) is 0.478. The first kappa shape index (κ1) is 21.2. The molecule has 1 aliphatic carbocycles. The Morgan fingerprint density at radius 3 is 2.94 bits per heavy atom. The van der Waals surface area contributed by atoms with Crippen LogP contribution in [-0.4, -0.2) is 49.8 Å². The Kier molecular flexibility index (Phi) is 5.10. The van der Waals surface area contributed by atoms with Crippen molar-refractivity contribution in [2.75, 3.05) is 22.1 Å². The highest BCUT2D eigenvalue weighted by Crippen LogP contribution is 2.37. The molecule has 2 saturated heterocycles. The molecule has 5 heterocycles. The summed E-state index contributed by atoms with van der Waals surface area (Å²) >= 11 is 0. The van der Waals surface area contributed by atoms with E-state index in [2.05, 4.69) is 26.5 Å². The third-order valence-corrected chi connectivity index (χ3v) is 7.17. The van der Waals surface area contributed by atoms with Gasteiger partial charge in [0.15, 0.2) is 5.82 Å². The predicted octanol–water partition coefficient (Wildman–Crippen LogP) is 2.28. The van der Waals surface area contributed by atoms with Crippen molar-refractivity contribution in [3.63, 3.8) is 0 Å². The predicted molar refractivity (Wildman–Crippen MR) is 126 cm³/mol. The minimum atomic E-state index is -0.850. The maximum absolute atomic E-state index is 13.3. The highest BCUT2D eigenvalue weighted by atomic mass is 19.1. The molecule has 6 rings (SSSR count). The Morgan fingerprint density at radius 1 is 1.26 bits per heavy atom. The molecular weight excluding hydrogens is 437 g/mol. The molecule has 0 bridgehead atoms. The standard InChI is InChI=1S/C23H28FN9O/c1-23(21(34)26-15-7-8-18(24)25-13-15)9-3-10-32(23)22-28-20(17-4-2-11-33(17)31-22)27-19-12-16(29-30-19)14-5-6-14/h2,4,7-8,11,13-14,16,19,29-30H,3,5-6,9-10,12H2,1H3,(H,26,34)(H,27,28,31)/t16?,19?,23-/m0/s1. The van der Waals surface area contributed by atoms with Crippen molar-refractivity contribution < 1.29 is 9.18 Å². The Bertz CT molecular complexity index is 1210. The molecule has 3 aromatic rings. The second-order valence-corrected chi connectivity index (χ2v) is 9.62. The minimum absolute atomic E-state index is 0.0614. The average Bonchev–Trinajstić information content (AvgIpc) is 3.20. The molecule has 0 radical (unpaired) electrons. The van der Waals surface area contributed by atoms with Crippen molar-refractivity contribution in [2.24, 2.45) is 5.92 Å². The van der Waals surface area contributed by atoms with Gasteiger partial charge in [0.1, 0.15) is 11.1 Å². The Balaban J connectivity index is 1.26. The number of nitrogens with zero attached hydrogens (tertiary/aromatic N) is 5. The van der Waals surface area contributed by atoms with Crippen LogP contribution in [0.25, 0.3) is 5.52 Å². The third kappa shape index (κ3) is 3.84. The second-order valence-electron chi connectivity index (χ2n) is 9.62. The van der Waals surface area contributed by atoms with E-state index in [1.807, 2.05) is 30.2 Å². The normalized spacial score (nSPS) is 26.8. The number of hydrazine groups is 1. The van der Waals surface area contributed by atoms with Crippen molar-refractivity contribution in [3.8, 4) is 0 Å². The summed E-state index contributed by atoms with van der Waals surface area (Å²) in [4.78, 5) is 23.8. The fourth-order valence-corrected chi connectivity index (χ4v) is 5.03. The summed E-state index contributed by atoms with van der Waals surface area (Å²) in [5.41, 5.74) is 7.23. The lowest BCUT2D eigenvalue weighted by molar-refractivity contribution is -0.120. The smallest absolute Gasteiger partial charge is 0.250 e. The van der Waals surface area contributed by atoms with Crippen LogP contribution < -0.4 is 26.4 Å². The zero-order valence-electron chi connectivity index (χ0n) is 19.0. The molecule has 0 spiro atoms. The molecule has 3 atom stereocenters. The van der Waals surface area contributed by atoms with Gasteiger partial charge in [0.2, 0.25) is 17.8 Å². The quantitative estimate of drug-likeness (QED) is 0.411. The van der Waals surface area contributed by atoms with E-state index in [1.165, 1.54) is 31.2 Å². The van der Waals surface area contributed by atoms with Crippen LogP contribution in [0.4, 0.5) is 21.8 Å². The highest BCUT2D eigenvalue weighted by molar-refractivity contribution is 6.00. The molecule has 1 saturated carbocycles. The molecule has 3 aromatic heterocycles. The van der Waals surface area contributed by atoms with Crippen LogP contribution in [0.2, 0.25) is 0 Å². The van der Waals surface area contributed by atoms with Gasteiger partial charge in [0, 0.05) is 18.8 Å². The number of hydrogen-bond acceptors (Lipinski definition) is 8. The van der Waals surface area contributed by atoms with Gasteiger partial charge in [0.25, 0.3) is 0 Å². The van der Waals surface area contributed by atoms with E-state index < -0.39 is 11.5 Å². The number of nitrogens with one attached hydrogen (secondary N) is 4. The fourth-order valence-electron chi connectivity index (χ4n) is 5.03. The molecule has 0 aromatic carbocycles. The molecule has 10 nitrogen and oxygen atoms in total. The van der Waals surface area contributed by atoms with Crippen LogP contribution in [0.5, 0.6) is 0 Å². The largest absolute Gasteiger partial charge is 0.352 e. The first-order chi connectivity index (χ1) is 16.5. The van der Waals surface area contributed by atoms with Crippen LogP contribution in [-0.2, 0) is 4.79 Å². The topological polar surface area (TPSA) is 112 Å². The first-order valence-corrected chi connectivity index (χ1v) is 11.8. The number of halogens is 1. The minimum Gasteiger partial charge on any atom is -0.352 e. The second kappa shape index (κ2) is 8.17. The summed E-state index contributed by atoms with van der Waals surface area (Å²) in [5.74, 6) is 1.19. The SMILES string of the molecule is C[C@@]1(C(=O)Nc2ccc(F)nc2)CCCN1c1nc(NC2CC(C3CC3)NN2)c2cccn2n1. The van der Waals surface area contributed by atoms with Gasteiger partial charge in [-0.15, -0.1) is 5.10 Å². The van der Waals surface area contributed by atoms with E-state index in [1.54, 1.807) is 4.52 Å². The molecule has 3 fully saturated rings. The van der Waals surface area contributed by atoms with Gasteiger partial charge in [0.05, 0.1) is 18.1 Å². The van der Waals surface area contributed by atoms with Crippen LogP contribution in [0, 0.1) is 11.9 Å². The summed E-state index contributed by atoms with van der Waals surface area (Å²) in [7, 11) is 0. The number of fused-ring (bicyclic) bond motifs is 1. The highest BCUT2D eigenvalue weighted by Gasteiger charge is 2.45. The number of pyridine rings is 1. The molecule has 1 amide bonds. The summed E-state index contributed by atoms with van der Waals surface area (Å²) in [6.07, 6.45) is 8.30. The maximum atomic E-state index is 13.3. The van der Waals surface area contributed by atoms with Gasteiger partial charge >= 0.3 is 0 Å². The molecule has 4 N–H and O–H groups in total. The molecule has 3 aliphatic rings. The van der Waals surface area contributed by atoms with Gasteiger partial charge in [-0.1, -0.05) is 0 Å². The Morgan fingerprint density at radius 2 is 2.15 bits per heavy atom. The molecule has 11 heteroatoms. The van der Waals surface area contributed by atoms with Gasteiger partial charge in [-0.25, -0.2) is 14.9 Å². The zero-order valence-corrected chi connectivity index (χ0v) is 19.0. The van der Waals surface area contributed by atoms with Crippen LogP contribution in [0.15, 0.2) is 36.7 Å². The number of amides is 1. The molecular formula is C23H28FN9O. The summed E-state index contributed by atoms with van der Waals surface area (Å²) < 4.78 is 15.0. The lowest BCUT2D eigenvalue weighted by Crippen LogP contribution is -2.52. The monoisotopic (exact) mass is 465 g/mol. The number of aromatic nitrogens is 4. The van der Waals surface area contributed by atoms with Gasteiger partial charge in [-0.3, -0.25) is 10.2 Å². The van der Waals surface area contributed by atoms with Crippen LogP contribution >= 0.6 is 0 Å². The molecule has 34 heavy (non-hydrogen) atoms. The maximum Gasteiger partial charge on any atom is 0.250 e. The summed E-state index contributed by atoms with van der Waals surface area (Å²) in [6, 6.07) is 7.12. The van der Waals surface area contributed by atoms with E-state index in [9.17, 15) is 9.18 Å². The summed E-state index contributed by atoms with van der Waals surface area (Å²) in [5, 5.41) is 11.1. The number of anilines is 3. The summed E-state index contributed by atoms with van der Waals surface area (Å²) in [6.45, 7) is 2.55. The van der Waals surface area contributed by atoms with Crippen molar-refractivity contribution >= 4 is 28.9 Å². The number of carbonyl (C=O) groups is 1. The number of hydrogen-bond donors (Lipinski definition) is 4.